The van der Waals surface area contributed by atoms with Crippen molar-refractivity contribution >= 4 is 10.0 Å². The Balaban J connectivity index is 2.19. The number of benzene rings is 1. The van der Waals surface area contributed by atoms with E-state index < -0.39 is 10.0 Å². The summed E-state index contributed by atoms with van der Waals surface area (Å²) in [5, 5.41) is 3.03. The van der Waals surface area contributed by atoms with Gasteiger partial charge in [0.2, 0.25) is 10.0 Å². The second kappa shape index (κ2) is 7.57. The number of rotatable bonds is 6. The maximum atomic E-state index is 12.8. The molecule has 1 aromatic carbocycles. The topological polar surface area (TPSA) is 98.7 Å². The maximum absolute atomic E-state index is 12.8. The van der Waals surface area contributed by atoms with Gasteiger partial charge in [0.25, 0.3) is 5.56 Å². The van der Waals surface area contributed by atoms with Crippen LogP contribution in [0.5, 0.6) is 11.5 Å². The molecule has 28 heavy (non-hydrogen) atoms. The minimum Gasteiger partial charge on any atom is -0.496 e. The summed E-state index contributed by atoms with van der Waals surface area (Å²) in [5.74, 6) is 0.593. The summed E-state index contributed by atoms with van der Waals surface area (Å²) < 4.78 is 40.8. The minimum atomic E-state index is -3.78. The first-order valence-electron chi connectivity index (χ1n) is 8.86. The number of pyridine rings is 1. The molecular weight excluding hydrogens is 382 g/mol. The highest BCUT2D eigenvalue weighted by molar-refractivity contribution is 7.89. The average Bonchev–Trinajstić information content (AvgIpc) is 2.65. The normalized spacial score (nSPS) is 14.6. The fourth-order valence-electron chi connectivity index (χ4n) is 3.20. The summed E-state index contributed by atoms with van der Waals surface area (Å²) in [6, 6.07) is 4.73. The van der Waals surface area contributed by atoms with Crippen LogP contribution in [-0.2, 0) is 17.1 Å². The van der Waals surface area contributed by atoms with Gasteiger partial charge in [-0.25, -0.2) is 13.1 Å². The van der Waals surface area contributed by atoms with Crippen LogP contribution >= 0.6 is 0 Å². The average molecular weight is 407 g/mol. The van der Waals surface area contributed by atoms with E-state index in [4.69, 9.17) is 9.47 Å². The Labute approximate surface area is 164 Å². The summed E-state index contributed by atoms with van der Waals surface area (Å²) in [7, 11) is 0.830. The van der Waals surface area contributed by atoms with E-state index >= 15 is 0 Å². The first kappa shape index (κ1) is 20.4. The van der Waals surface area contributed by atoms with Gasteiger partial charge in [-0.2, -0.15) is 0 Å². The van der Waals surface area contributed by atoms with Gasteiger partial charge < -0.3 is 19.4 Å². The van der Waals surface area contributed by atoms with Crippen LogP contribution in [0.2, 0.25) is 0 Å². The highest BCUT2D eigenvalue weighted by Crippen LogP contribution is 2.39. The van der Waals surface area contributed by atoms with Crippen molar-refractivity contribution in [3.05, 3.63) is 39.8 Å². The van der Waals surface area contributed by atoms with E-state index in [0.717, 1.165) is 11.3 Å². The first-order valence-corrected chi connectivity index (χ1v) is 10.3. The van der Waals surface area contributed by atoms with E-state index in [2.05, 4.69) is 10.0 Å². The Morgan fingerprint density at radius 1 is 1.07 bits per heavy atom. The summed E-state index contributed by atoms with van der Waals surface area (Å²) in [5.41, 5.74) is 2.67. The van der Waals surface area contributed by atoms with Crippen molar-refractivity contribution < 1.29 is 17.9 Å². The molecule has 0 amide bonds. The van der Waals surface area contributed by atoms with E-state index in [0.29, 0.717) is 30.0 Å². The molecule has 9 heteroatoms. The Kier molecular flexibility index (Phi) is 5.51. The molecule has 2 aromatic rings. The van der Waals surface area contributed by atoms with E-state index in [-0.39, 0.29) is 22.2 Å². The number of aromatic nitrogens is 1. The third-order valence-electron chi connectivity index (χ3n) is 5.06. The monoisotopic (exact) mass is 407 g/mol. The van der Waals surface area contributed by atoms with Crippen molar-refractivity contribution in [3.63, 3.8) is 0 Å². The van der Waals surface area contributed by atoms with Gasteiger partial charge in [-0.3, -0.25) is 4.79 Å². The quantitative estimate of drug-likeness (QED) is 0.739. The predicted octanol–water partition coefficient (Wildman–Crippen LogP) is 0.936. The van der Waals surface area contributed by atoms with Crippen LogP contribution < -0.4 is 25.1 Å². The van der Waals surface area contributed by atoms with Crippen LogP contribution in [0.4, 0.5) is 0 Å². The summed E-state index contributed by atoms with van der Waals surface area (Å²) >= 11 is 0. The van der Waals surface area contributed by atoms with Gasteiger partial charge in [0.1, 0.15) is 16.4 Å². The van der Waals surface area contributed by atoms with Gasteiger partial charge in [-0.15, -0.1) is 0 Å². The van der Waals surface area contributed by atoms with Gasteiger partial charge in [-0.1, -0.05) is 0 Å². The predicted molar refractivity (Wildman–Crippen MR) is 107 cm³/mol. The van der Waals surface area contributed by atoms with Crippen LogP contribution in [0.15, 0.2) is 27.9 Å². The third-order valence-corrected chi connectivity index (χ3v) is 6.61. The number of nitrogens with zero attached hydrogens (tertiary/aromatic N) is 1. The molecule has 1 fully saturated rings. The first-order chi connectivity index (χ1) is 13.2. The van der Waals surface area contributed by atoms with Crippen molar-refractivity contribution in [1.29, 1.82) is 0 Å². The van der Waals surface area contributed by atoms with Gasteiger partial charge in [0, 0.05) is 54.6 Å². The zero-order valence-corrected chi connectivity index (χ0v) is 17.4. The Hall–Kier alpha value is -2.36. The molecule has 8 nitrogen and oxygen atoms in total. The molecule has 0 bridgehead atoms. The molecule has 3 rings (SSSR count). The number of aryl methyl sites for hydroxylation is 1. The summed E-state index contributed by atoms with van der Waals surface area (Å²) in [6.45, 7) is 4.75. The number of methoxy groups -OCH3 is 2. The summed E-state index contributed by atoms with van der Waals surface area (Å²) in [4.78, 5) is 12.2. The van der Waals surface area contributed by atoms with Gasteiger partial charge >= 0.3 is 0 Å². The highest BCUT2D eigenvalue weighted by atomic mass is 32.2. The fourth-order valence-corrected chi connectivity index (χ4v) is 4.60. The summed E-state index contributed by atoms with van der Waals surface area (Å²) in [6.07, 6.45) is 0. The SMILES string of the molecule is COc1cc(S(=O)(=O)NC2CNC2)c(OC)cc1-c1cc(C)c(=O)n(C)c1C. The number of nitrogens with one attached hydrogen (secondary N) is 2. The van der Waals surface area contributed by atoms with Crippen molar-refractivity contribution in [2.24, 2.45) is 7.05 Å². The van der Waals surface area contributed by atoms with Crippen molar-refractivity contribution in [3.8, 4) is 22.6 Å². The molecule has 0 saturated carbocycles. The van der Waals surface area contributed by atoms with Crippen LogP contribution in [0.3, 0.4) is 0 Å². The lowest BCUT2D eigenvalue weighted by Gasteiger charge is -2.28. The molecule has 0 radical (unpaired) electrons. The van der Waals surface area contributed by atoms with Crippen molar-refractivity contribution in [2.45, 2.75) is 24.8 Å². The lowest BCUT2D eigenvalue weighted by Crippen LogP contribution is -2.56. The van der Waals surface area contributed by atoms with Crippen LogP contribution in [0.1, 0.15) is 11.3 Å². The molecular formula is C19H25N3O5S. The highest BCUT2D eigenvalue weighted by Gasteiger charge is 2.29. The second-order valence-corrected chi connectivity index (χ2v) is 8.55. The Morgan fingerprint density at radius 3 is 2.25 bits per heavy atom. The maximum Gasteiger partial charge on any atom is 0.253 e. The molecule has 2 heterocycles. The molecule has 2 N–H and O–H groups in total. The van der Waals surface area contributed by atoms with Crippen LogP contribution in [0.25, 0.3) is 11.1 Å². The number of ether oxygens (including phenoxy) is 2. The minimum absolute atomic E-state index is 0.0155. The van der Waals surface area contributed by atoms with Gasteiger partial charge in [0.05, 0.1) is 14.2 Å². The number of sulfonamides is 1. The zero-order valence-electron chi connectivity index (χ0n) is 16.6. The molecule has 1 aromatic heterocycles. The fraction of sp³-hybridized carbons (Fsp3) is 0.421. The largest absolute Gasteiger partial charge is 0.496 e. The van der Waals surface area contributed by atoms with E-state index in [1.807, 2.05) is 6.92 Å². The van der Waals surface area contributed by atoms with Crippen LogP contribution in [-0.4, -0.2) is 46.3 Å². The molecule has 0 unspecified atom stereocenters. The smallest absolute Gasteiger partial charge is 0.253 e. The lowest BCUT2D eigenvalue weighted by molar-refractivity contribution is 0.388. The Morgan fingerprint density at radius 2 is 1.71 bits per heavy atom. The molecule has 1 saturated heterocycles. The molecule has 0 spiro atoms. The molecule has 0 atom stereocenters. The van der Waals surface area contributed by atoms with Gasteiger partial charge in [0.15, 0.2) is 0 Å². The molecule has 0 aliphatic carbocycles. The van der Waals surface area contributed by atoms with E-state index in [9.17, 15) is 13.2 Å². The molecule has 1 aliphatic heterocycles. The zero-order chi connectivity index (χ0) is 20.6. The number of hydrogen-bond donors (Lipinski definition) is 2. The molecule has 1 aliphatic rings. The van der Waals surface area contributed by atoms with Crippen LogP contribution in [0, 0.1) is 13.8 Å². The van der Waals surface area contributed by atoms with Crippen molar-refractivity contribution in [2.75, 3.05) is 27.3 Å². The number of hydrogen-bond acceptors (Lipinski definition) is 6. The standard InChI is InChI=1S/C19H25N3O5S/c1-11-6-14(12(2)22(3)19(11)23)15-7-17(27-5)18(8-16(15)26-4)28(24,25)21-13-9-20-10-13/h6-8,13,20-21H,9-10H2,1-5H3. The van der Waals surface area contributed by atoms with Crippen molar-refractivity contribution in [1.82, 2.24) is 14.6 Å². The van der Waals surface area contributed by atoms with E-state index in [1.54, 1.807) is 30.7 Å². The third kappa shape index (κ3) is 3.52. The lowest BCUT2D eigenvalue weighted by atomic mass is 10.0. The second-order valence-electron chi connectivity index (χ2n) is 6.87. The molecule has 152 valence electrons. The van der Waals surface area contributed by atoms with E-state index in [1.165, 1.54) is 20.3 Å². The van der Waals surface area contributed by atoms with Gasteiger partial charge in [-0.05, 0) is 26.0 Å². The Bertz CT molecular complexity index is 1070.